The van der Waals surface area contributed by atoms with Gasteiger partial charge < -0.3 is 15.1 Å². The number of likely N-dealkylation sites (N-methyl/N-ethyl adjacent to an activating group) is 1. The van der Waals surface area contributed by atoms with Crippen molar-refractivity contribution >= 4 is 23.2 Å². The van der Waals surface area contributed by atoms with Crippen LogP contribution in [0.3, 0.4) is 0 Å². The minimum absolute atomic E-state index is 0.0428. The molecule has 204 valence electrons. The van der Waals surface area contributed by atoms with Crippen molar-refractivity contribution in [1.29, 1.82) is 0 Å². The molecule has 2 amide bonds. The summed E-state index contributed by atoms with van der Waals surface area (Å²) in [5, 5.41) is 6.29. The number of aryl methyl sites for hydroxylation is 4. The quantitative estimate of drug-likeness (QED) is 0.234. The number of quaternary nitrogens is 1. The predicted octanol–water partition coefficient (Wildman–Crippen LogP) is 5.85. The van der Waals surface area contributed by atoms with Crippen LogP contribution in [0.25, 0.3) is 0 Å². The molecular weight excluding hydrogens is 460 g/mol. The Morgan fingerprint density at radius 2 is 1.22 bits per heavy atom. The van der Waals surface area contributed by atoms with Gasteiger partial charge >= 0.3 is 0 Å². The summed E-state index contributed by atoms with van der Waals surface area (Å²) in [5.74, 6) is 0.123. The summed E-state index contributed by atoms with van der Waals surface area (Å²) >= 11 is 0. The molecule has 6 nitrogen and oxygen atoms in total. The van der Waals surface area contributed by atoms with Crippen LogP contribution in [0.15, 0.2) is 36.4 Å². The lowest BCUT2D eigenvalue weighted by Gasteiger charge is -2.36. The lowest BCUT2D eigenvalue weighted by molar-refractivity contribution is -0.917. The average molecular weight is 510 g/mol. The maximum absolute atomic E-state index is 13.0. The summed E-state index contributed by atoms with van der Waals surface area (Å²) in [5.41, 5.74) is 6.23. The molecule has 37 heavy (non-hydrogen) atoms. The molecular formula is C31H49N4O2+. The summed E-state index contributed by atoms with van der Waals surface area (Å²) < 4.78 is 0.775. The van der Waals surface area contributed by atoms with E-state index in [0.29, 0.717) is 13.1 Å². The highest BCUT2D eigenvalue weighted by atomic mass is 16.2. The molecule has 0 aromatic heterocycles. The standard InChI is InChI=1S/C31H48N4O2/c1-8-19-34(22-28(36)32-30-24(4)15-13-16-25(30)5)20-11-12-21-35(9-2,10-3)23-29(37)33-31-26(6)17-14-18-27(31)7/h13-18H,8-12,19-23H2,1-7H3,(H-,32,33,36,37)/p+1. The third kappa shape index (κ3) is 9.28. The molecule has 0 aliphatic rings. The first-order chi connectivity index (χ1) is 17.6. The summed E-state index contributed by atoms with van der Waals surface area (Å²) in [6, 6.07) is 12.2. The Kier molecular flexibility index (Phi) is 12.3. The SMILES string of the molecule is CCCN(CCCC[N+](CC)(CC)CC(=O)Nc1c(C)cccc1C)CC(=O)Nc1c(C)cccc1C. The zero-order chi connectivity index (χ0) is 27.4. The first-order valence-corrected chi connectivity index (χ1v) is 13.9. The van der Waals surface area contributed by atoms with Gasteiger partial charge in [-0.05, 0) is 96.1 Å². The molecule has 0 heterocycles. The van der Waals surface area contributed by atoms with Crippen LogP contribution in [-0.4, -0.2) is 67.0 Å². The Hall–Kier alpha value is -2.70. The van der Waals surface area contributed by atoms with Gasteiger partial charge in [0.2, 0.25) is 5.91 Å². The number of rotatable bonds is 15. The zero-order valence-electron chi connectivity index (χ0n) is 24.2. The molecule has 2 aromatic carbocycles. The average Bonchev–Trinajstić information content (AvgIpc) is 2.86. The van der Waals surface area contributed by atoms with E-state index in [4.69, 9.17) is 0 Å². The number of hydrogen-bond acceptors (Lipinski definition) is 3. The van der Waals surface area contributed by atoms with E-state index in [2.05, 4.69) is 36.3 Å². The topological polar surface area (TPSA) is 61.4 Å². The highest BCUT2D eigenvalue weighted by molar-refractivity contribution is 5.94. The molecule has 6 heteroatoms. The number of carbonyl (C=O) groups is 2. The van der Waals surface area contributed by atoms with Gasteiger partial charge in [-0.1, -0.05) is 43.3 Å². The van der Waals surface area contributed by atoms with Gasteiger partial charge in [-0.25, -0.2) is 0 Å². The zero-order valence-corrected chi connectivity index (χ0v) is 24.2. The number of anilines is 2. The summed E-state index contributed by atoms with van der Waals surface area (Å²) in [4.78, 5) is 28.1. The smallest absolute Gasteiger partial charge is 0.279 e. The fraction of sp³-hybridized carbons (Fsp3) is 0.548. The van der Waals surface area contributed by atoms with Gasteiger partial charge in [-0.15, -0.1) is 0 Å². The van der Waals surface area contributed by atoms with Crippen LogP contribution in [-0.2, 0) is 9.59 Å². The van der Waals surface area contributed by atoms with E-state index in [1.165, 1.54) is 0 Å². The van der Waals surface area contributed by atoms with Crippen molar-refractivity contribution in [2.45, 2.75) is 67.7 Å². The monoisotopic (exact) mass is 509 g/mol. The first-order valence-electron chi connectivity index (χ1n) is 13.9. The molecule has 0 saturated heterocycles. The van der Waals surface area contributed by atoms with Crippen molar-refractivity contribution in [1.82, 2.24) is 4.90 Å². The second-order valence-electron chi connectivity index (χ2n) is 10.5. The van der Waals surface area contributed by atoms with Gasteiger partial charge in [0.25, 0.3) is 5.91 Å². The van der Waals surface area contributed by atoms with Crippen LogP contribution < -0.4 is 10.6 Å². The highest BCUT2D eigenvalue weighted by Gasteiger charge is 2.27. The van der Waals surface area contributed by atoms with Crippen LogP contribution >= 0.6 is 0 Å². The Labute approximate surface area is 225 Å². The van der Waals surface area contributed by atoms with Crippen LogP contribution in [0.1, 0.15) is 62.3 Å². The van der Waals surface area contributed by atoms with Gasteiger partial charge in [0, 0.05) is 11.4 Å². The number of amides is 2. The van der Waals surface area contributed by atoms with Gasteiger partial charge in [-0.2, -0.15) is 0 Å². The van der Waals surface area contributed by atoms with Crippen molar-refractivity contribution < 1.29 is 14.1 Å². The molecule has 2 N–H and O–H groups in total. The lowest BCUT2D eigenvalue weighted by Crippen LogP contribution is -2.52. The van der Waals surface area contributed by atoms with Gasteiger partial charge in [0.15, 0.2) is 6.54 Å². The molecule has 0 unspecified atom stereocenters. The van der Waals surface area contributed by atoms with Crippen LogP contribution in [0, 0.1) is 27.7 Å². The third-order valence-electron chi connectivity index (χ3n) is 7.58. The Morgan fingerprint density at radius 1 is 0.730 bits per heavy atom. The predicted molar refractivity (Wildman–Crippen MR) is 156 cm³/mol. The maximum Gasteiger partial charge on any atom is 0.279 e. The molecule has 0 spiro atoms. The molecule has 2 aromatic rings. The molecule has 0 radical (unpaired) electrons. The van der Waals surface area contributed by atoms with Crippen LogP contribution in [0.4, 0.5) is 11.4 Å². The number of carbonyl (C=O) groups excluding carboxylic acids is 2. The Morgan fingerprint density at radius 3 is 1.68 bits per heavy atom. The third-order valence-corrected chi connectivity index (χ3v) is 7.58. The highest BCUT2D eigenvalue weighted by Crippen LogP contribution is 2.21. The normalized spacial score (nSPS) is 11.6. The minimum Gasteiger partial charge on any atom is -0.324 e. The van der Waals surface area contributed by atoms with Gasteiger partial charge in [-0.3, -0.25) is 14.5 Å². The van der Waals surface area contributed by atoms with Crippen molar-refractivity contribution in [3.63, 3.8) is 0 Å². The van der Waals surface area contributed by atoms with E-state index in [1.54, 1.807) is 0 Å². The molecule has 0 bridgehead atoms. The maximum atomic E-state index is 13.0. The fourth-order valence-corrected chi connectivity index (χ4v) is 5.10. The lowest BCUT2D eigenvalue weighted by atomic mass is 10.1. The van der Waals surface area contributed by atoms with E-state index in [-0.39, 0.29) is 11.8 Å². The van der Waals surface area contributed by atoms with E-state index < -0.39 is 0 Å². The number of hydrogen-bond donors (Lipinski definition) is 2. The number of para-hydroxylation sites is 2. The van der Waals surface area contributed by atoms with Crippen molar-refractivity contribution in [2.75, 3.05) is 56.4 Å². The number of nitrogens with zero attached hydrogens (tertiary/aromatic N) is 2. The number of unbranched alkanes of at least 4 members (excludes halogenated alkanes) is 1. The van der Waals surface area contributed by atoms with E-state index in [1.807, 2.05) is 64.1 Å². The number of nitrogens with one attached hydrogen (secondary N) is 2. The second kappa shape index (κ2) is 14.9. The Balaban J connectivity index is 1.89. The van der Waals surface area contributed by atoms with Crippen molar-refractivity contribution in [3.8, 4) is 0 Å². The van der Waals surface area contributed by atoms with Crippen LogP contribution in [0.2, 0.25) is 0 Å². The second-order valence-corrected chi connectivity index (χ2v) is 10.5. The van der Waals surface area contributed by atoms with Gasteiger partial charge in [0.05, 0.1) is 26.2 Å². The number of benzene rings is 2. The molecule has 0 aliphatic carbocycles. The largest absolute Gasteiger partial charge is 0.324 e. The van der Waals surface area contributed by atoms with E-state index in [9.17, 15) is 9.59 Å². The van der Waals surface area contributed by atoms with Gasteiger partial charge in [0.1, 0.15) is 0 Å². The van der Waals surface area contributed by atoms with E-state index >= 15 is 0 Å². The summed E-state index contributed by atoms with van der Waals surface area (Å²) in [6.45, 7) is 20.1. The molecule has 2 rings (SSSR count). The Bertz CT molecular complexity index is 989. The van der Waals surface area contributed by atoms with Crippen molar-refractivity contribution in [3.05, 3.63) is 58.7 Å². The summed E-state index contributed by atoms with van der Waals surface area (Å²) in [6.07, 6.45) is 3.05. The summed E-state index contributed by atoms with van der Waals surface area (Å²) in [7, 11) is 0. The molecule has 0 fully saturated rings. The van der Waals surface area contributed by atoms with Crippen LogP contribution in [0.5, 0.6) is 0 Å². The van der Waals surface area contributed by atoms with E-state index in [0.717, 1.165) is 90.1 Å². The fourth-order valence-electron chi connectivity index (χ4n) is 5.10. The molecule has 0 saturated carbocycles. The molecule has 0 atom stereocenters. The first kappa shape index (κ1) is 30.5. The minimum atomic E-state index is 0.0428. The van der Waals surface area contributed by atoms with Crippen molar-refractivity contribution in [2.24, 2.45) is 0 Å². The molecule has 0 aliphatic heterocycles.